The summed E-state index contributed by atoms with van der Waals surface area (Å²) in [5.41, 5.74) is 0.331. The van der Waals surface area contributed by atoms with E-state index in [0.29, 0.717) is 5.56 Å². The zero-order chi connectivity index (χ0) is 6.69. The summed E-state index contributed by atoms with van der Waals surface area (Å²) in [6, 6.07) is 8.30. The molecular formula is C7H10CaMgO2. The van der Waals surface area contributed by atoms with E-state index >= 15 is 0 Å². The average Bonchev–Trinajstić information content (AvgIpc) is 1.90. The Bertz CT molecular complexity index is 213. The predicted molar refractivity (Wildman–Crippen MR) is 50.5 cm³/mol. The molecule has 0 saturated heterocycles. The van der Waals surface area contributed by atoms with Crippen LogP contribution in [-0.2, 0) is 0 Å². The second kappa shape index (κ2) is 7.37. The van der Waals surface area contributed by atoms with Gasteiger partial charge in [-0.05, 0) is 12.1 Å². The van der Waals surface area contributed by atoms with Gasteiger partial charge in [0.1, 0.15) is 0 Å². The number of carboxylic acid groups (broad SMARTS) is 1. The second-order valence-electron chi connectivity index (χ2n) is 1.67. The van der Waals surface area contributed by atoms with Gasteiger partial charge < -0.3 is 5.11 Å². The van der Waals surface area contributed by atoms with Crippen molar-refractivity contribution in [3.05, 3.63) is 35.9 Å². The van der Waals surface area contributed by atoms with E-state index in [9.17, 15) is 4.79 Å². The van der Waals surface area contributed by atoms with Crippen LogP contribution in [0.2, 0.25) is 0 Å². The Labute approximate surface area is 111 Å². The standard InChI is InChI=1S/C7H6O2.Ca.Mg.4H/c8-7(9)6-4-2-1-3-5-6;;;;;;/h1-5H,(H,8,9);;;;;;. The molecule has 0 amide bonds. The monoisotopic (exact) mass is 190 g/mol. The predicted octanol–water partition coefficient (Wildman–Crippen LogP) is -0.448. The van der Waals surface area contributed by atoms with Gasteiger partial charge in [-0.3, -0.25) is 0 Å². The van der Waals surface area contributed by atoms with E-state index in [0.717, 1.165) is 0 Å². The van der Waals surface area contributed by atoms with Gasteiger partial charge in [0.15, 0.2) is 0 Å². The number of benzene rings is 1. The minimum absolute atomic E-state index is 0. The molecule has 0 unspecified atom stereocenters. The Morgan fingerprint density at radius 1 is 1.18 bits per heavy atom. The molecule has 1 aromatic rings. The fourth-order valence-corrected chi connectivity index (χ4v) is 0.581. The molecular weight excluding hydrogens is 180 g/mol. The largest absolute Gasteiger partial charge is 0.316 e. The molecule has 4 heteroatoms. The molecule has 0 spiro atoms. The normalized spacial score (nSPS) is 7.27. The van der Waals surface area contributed by atoms with Gasteiger partial charge in [-0.25, -0.2) is 4.79 Å². The van der Waals surface area contributed by atoms with E-state index in [1.54, 1.807) is 30.3 Å². The first kappa shape index (κ1) is 14.3. The Morgan fingerprint density at radius 2 is 1.64 bits per heavy atom. The van der Waals surface area contributed by atoms with Crippen molar-refractivity contribution in [1.82, 2.24) is 0 Å². The summed E-state index contributed by atoms with van der Waals surface area (Å²) in [5, 5.41) is 8.38. The molecule has 1 rings (SSSR count). The van der Waals surface area contributed by atoms with E-state index in [2.05, 4.69) is 0 Å². The fourth-order valence-electron chi connectivity index (χ4n) is 0.581. The van der Waals surface area contributed by atoms with Crippen LogP contribution in [-0.4, -0.2) is 71.9 Å². The molecule has 11 heavy (non-hydrogen) atoms. The first-order valence-electron chi connectivity index (χ1n) is 2.59. The van der Waals surface area contributed by atoms with Crippen LogP contribution in [0.1, 0.15) is 10.4 Å². The molecule has 0 heterocycles. The number of hydrogen-bond acceptors (Lipinski definition) is 1. The maximum atomic E-state index is 10.2. The van der Waals surface area contributed by atoms with Crippen molar-refractivity contribution in [1.29, 1.82) is 0 Å². The molecule has 0 aliphatic heterocycles. The molecule has 0 radical (unpaired) electrons. The molecule has 0 fully saturated rings. The minimum atomic E-state index is -0.879. The van der Waals surface area contributed by atoms with Crippen LogP contribution in [0, 0.1) is 0 Å². The molecule has 0 atom stereocenters. The van der Waals surface area contributed by atoms with Crippen molar-refractivity contribution in [2.75, 3.05) is 0 Å². The van der Waals surface area contributed by atoms with Gasteiger partial charge in [0.2, 0.25) is 0 Å². The van der Waals surface area contributed by atoms with E-state index in [1.165, 1.54) is 0 Å². The molecule has 0 saturated carbocycles. The zero-order valence-corrected chi connectivity index (χ0v) is 4.74. The first-order chi connectivity index (χ1) is 4.30. The Balaban J connectivity index is 0. The van der Waals surface area contributed by atoms with Crippen molar-refractivity contribution in [3.63, 3.8) is 0 Å². The van der Waals surface area contributed by atoms with E-state index in [1.807, 2.05) is 0 Å². The third-order valence-electron chi connectivity index (χ3n) is 1.02. The summed E-state index contributed by atoms with van der Waals surface area (Å²) in [6.45, 7) is 0. The summed E-state index contributed by atoms with van der Waals surface area (Å²) >= 11 is 0. The van der Waals surface area contributed by atoms with E-state index in [4.69, 9.17) is 5.11 Å². The van der Waals surface area contributed by atoms with Gasteiger partial charge in [-0.15, -0.1) is 0 Å². The zero-order valence-electron chi connectivity index (χ0n) is 4.74. The molecule has 0 bridgehead atoms. The summed E-state index contributed by atoms with van der Waals surface area (Å²) in [5.74, 6) is -0.879. The fraction of sp³-hybridized carbons (Fsp3) is 0. The van der Waals surface area contributed by atoms with E-state index < -0.39 is 5.97 Å². The molecule has 1 N–H and O–H groups in total. The van der Waals surface area contributed by atoms with Crippen molar-refractivity contribution < 1.29 is 9.90 Å². The topological polar surface area (TPSA) is 37.3 Å². The number of carbonyl (C=O) groups is 1. The smallest absolute Gasteiger partial charge is 0.316 e. The van der Waals surface area contributed by atoms with Gasteiger partial charge in [-0.1, -0.05) is 18.2 Å². The van der Waals surface area contributed by atoms with Crippen molar-refractivity contribution >= 4 is 66.8 Å². The maximum absolute atomic E-state index is 10.2. The summed E-state index contributed by atoms with van der Waals surface area (Å²) in [4.78, 5) is 10.2. The number of hydrogen-bond donors (Lipinski definition) is 1. The Morgan fingerprint density at radius 3 is 1.91 bits per heavy atom. The maximum Gasteiger partial charge on any atom is 0.316 e. The SMILES string of the molecule is O=C(O)c1ccccc1.[CaH2].[MgH2]. The number of carboxylic acids is 1. The number of rotatable bonds is 1. The quantitative estimate of drug-likeness (QED) is 0.610. The van der Waals surface area contributed by atoms with Crippen LogP contribution in [0.15, 0.2) is 30.3 Å². The van der Waals surface area contributed by atoms with Crippen LogP contribution >= 0.6 is 0 Å². The minimum Gasteiger partial charge on any atom is 0.316 e. The Hall–Kier alpha value is 0.716. The average molecular weight is 191 g/mol. The van der Waals surface area contributed by atoms with Gasteiger partial charge in [0.05, 0.1) is 5.56 Å². The third-order valence-corrected chi connectivity index (χ3v) is 1.02. The van der Waals surface area contributed by atoms with Crippen molar-refractivity contribution in [3.8, 4) is 0 Å². The first-order valence-corrected chi connectivity index (χ1v) is 2.59. The van der Waals surface area contributed by atoms with Crippen LogP contribution < -0.4 is 0 Å². The van der Waals surface area contributed by atoms with Crippen molar-refractivity contribution in [2.45, 2.75) is 0 Å². The summed E-state index contributed by atoms with van der Waals surface area (Å²) in [7, 11) is 0. The van der Waals surface area contributed by atoms with Crippen molar-refractivity contribution in [2.24, 2.45) is 0 Å². The van der Waals surface area contributed by atoms with Crippen LogP contribution in [0.25, 0.3) is 0 Å². The molecule has 2 nitrogen and oxygen atoms in total. The van der Waals surface area contributed by atoms with Gasteiger partial charge in [-0.2, -0.15) is 0 Å². The van der Waals surface area contributed by atoms with Crippen LogP contribution in [0.3, 0.4) is 0 Å². The van der Waals surface area contributed by atoms with Gasteiger partial charge in [0, 0.05) is 0 Å². The Kier molecular flexibility index (Phi) is 9.55. The van der Waals surface area contributed by atoms with Crippen LogP contribution in [0.5, 0.6) is 0 Å². The van der Waals surface area contributed by atoms with Gasteiger partial charge in [0.25, 0.3) is 0 Å². The molecule has 0 aliphatic carbocycles. The number of aromatic carboxylic acids is 1. The third kappa shape index (κ3) is 5.03. The second-order valence-corrected chi connectivity index (χ2v) is 1.67. The molecule has 0 aromatic heterocycles. The molecule has 0 aliphatic rings. The van der Waals surface area contributed by atoms with Gasteiger partial charge >= 0.3 is 66.8 Å². The summed E-state index contributed by atoms with van der Waals surface area (Å²) in [6.07, 6.45) is 0. The summed E-state index contributed by atoms with van der Waals surface area (Å²) < 4.78 is 0. The van der Waals surface area contributed by atoms with E-state index in [-0.39, 0.29) is 60.8 Å². The van der Waals surface area contributed by atoms with Crippen LogP contribution in [0.4, 0.5) is 0 Å². The molecule has 1 aromatic carbocycles. The molecule has 54 valence electrons.